The van der Waals surface area contributed by atoms with Gasteiger partial charge in [-0.05, 0) is 25.7 Å². The standard InChI is InChI=1S/C13H20N2O5/c1-2-3-5-8(12(18)19)6-4-7-9-10(16)14-13(20)15-11(9)17/h8H,2-7H2,1H3,(H,18,19)(H3,14,15,16,17,20)/t8-/m0/s1. The van der Waals surface area contributed by atoms with Gasteiger partial charge in [0, 0.05) is 0 Å². The minimum atomic E-state index is -0.835. The van der Waals surface area contributed by atoms with Crippen LogP contribution in [0.2, 0.25) is 0 Å². The fraction of sp³-hybridized carbons (Fsp3) is 0.615. The number of hydrogen-bond acceptors (Lipinski definition) is 4. The Morgan fingerprint density at radius 2 is 1.85 bits per heavy atom. The molecule has 1 aromatic rings. The maximum absolute atomic E-state index is 11.5. The second-order valence-electron chi connectivity index (χ2n) is 4.81. The lowest BCUT2D eigenvalue weighted by Crippen LogP contribution is -2.25. The van der Waals surface area contributed by atoms with Gasteiger partial charge in [0.1, 0.15) is 0 Å². The largest absolute Gasteiger partial charge is 0.494 e. The van der Waals surface area contributed by atoms with Crippen molar-refractivity contribution in [1.29, 1.82) is 0 Å². The Morgan fingerprint density at radius 3 is 2.40 bits per heavy atom. The third-order valence-corrected chi connectivity index (χ3v) is 3.25. The summed E-state index contributed by atoms with van der Waals surface area (Å²) in [6.45, 7) is 2.00. The molecule has 1 atom stereocenters. The molecular weight excluding hydrogens is 264 g/mol. The van der Waals surface area contributed by atoms with Crippen LogP contribution in [0, 0.1) is 5.92 Å². The van der Waals surface area contributed by atoms with Crippen LogP contribution in [0.3, 0.4) is 0 Å². The predicted octanol–water partition coefficient (Wildman–Crippen LogP) is 0.983. The van der Waals surface area contributed by atoms with Crippen molar-refractivity contribution in [1.82, 2.24) is 9.97 Å². The van der Waals surface area contributed by atoms with Crippen LogP contribution in [0.15, 0.2) is 9.59 Å². The first kappa shape index (κ1) is 16.0. The maximum atomic E-state index is 11.5. The first-order valence-electron chi connectivity index (χ1n) is 6.73. The number of H-pyrrole nitrogens is 2. The normalized spacial score (nSPS) is 12.2. The molecule has 0 saturated carbocycles. The lowest BCUT2D eigenvalue weighted by atomic mass is 9.95. The number of hydrogen-bond donors (Lipinski definition) is 4. The molecule has 0 fully saturated rings. The molecule has 0 aliphatic heterocycles. The Hall–Kier alpha value is -2.05. The molecule has 0 amide bonds. The van der Waals surface area contributed by atoms with Crippen LogP contribution in [0.25, 0.3) is 0 Å². The van der Waals surface area contributed by atoms with Crippen molar-refractivity contribution in [3.05, 3.63) is 26.4 Å². The Balaban J connectivity index is 2.61. The van der Waals surface area contributed by atoms with E-state index in [1.807, 2.05) is 11.9 Å². The van der Waals surface area contributed by atoms with E-state index in [0.717, 1.165) is 12.8 Å². The van der Waals surface area contributed by atoms with E-state index in [-0.39, 0.29) is 12.0 Å². The lowest BCUT2D eigenvalue weighted by Gasteiger charge is -2.11. The highest BCUT2D eigenvalue weighted by molar-refractivity contribution is 5.69. The van der Waals surface area contributed by atoms with Crippen LogP contribution in [0.4, 0.5) is 0 Å². The minimum Gasteiger partial charge on any atom is -0.494 e. The summed E-state index contributed by atoms with van der Waals surface area (Å²) >= 11 is 0. The highest BCUT2D eigenvalue weighted by Crippen LogP contribution is 2.18. The molecule has 1 rings (SSSR count). The molecule has 1 aromatic heterocycles. The van der Waals surface area contributed by atoms with Gasteiger partial charge in [-0.3, -0.25) is 19.6 Å². The van der Waals surface area contributed by atoms with Gasteiger partial charge in [0.25, 0.3) is 5.56 Å². The molecule has 0 unspecified atom stereocenters. The number of unbranched alkanes of at least 4 members (excludes halogenated alkanes) is 1. The molecule has 0 aliphatic carbocycles. The van der Waals surface area contributed by atoms with Crippen molar-refractivity contribution in [2.24, 2.45) is 5.92 Å². The molecule has 7 nitrogen and oxygen atoms in total. The number of aromatic amines is 2. The highest BCUT2D eigenvalue weighted by atomic mass is 16.4. The summed E-state index contributed by atoms with van der Waals surface area (Å²) < 4.78 is 0. The topological polar surface area (TPSA) is 123 Å². The number of carboxylic acids is 1. The van der Waals surface area contributed by atoms with Crippen molar-refractivity contribution >= 4 is 5.97 Å². The Kier molecular flexibility index (Phi) is 6.02. The van der Waals surface area contributed by atoms with Crippen LogP contribution in [0.1, 0.15) is 44.6 Å². The second kappa shape index (κ2) is 7.52. The molecule has 0 aromatic carbocycles. The molecule has 0 aliphatic rings. The molecule has 4 N–H and O–H groups in total. The summed E-state index contributed by atoms with van der Waals surface area (Å²) in [5.41, 5.74) is -1.31. The zero-order valence-corrected chi connectivity index (χ0v) is 11.4. The third kappa shape index (κ3) is 4.56. The van der Waals surface area contributed by atoms with Crippen LogP contribution in [-0.4, -0.2) is 26.2 Å². The monoisotopic (exact) mass is 284 g/mol. The molecule has 7 heteroatoms. The van der Waals surface area contributed by atoms with Crippen molar-refractivity contribution < 1.29 is 15.0 Å². The van der Waals surface area contributed by atoms with E-state index in [1.54, 1.807) is 0 Å². The van der Waals surface area contributed by atoms with Gasteiger partial charge >= 0.3 is 11.7 Å². The minimum absolute atomic E-state index is 0.0873. The van der Waals surface area contributed by atoms with E-state index >= 15 is 0 Å². The summed E-state index contributed by atoms with van der Waals surface area (Å²) in [6, 6.07) is 0. The quantitative estimate of drug-likeness (QED) is 0.566. The average molecular weight is 284 g/mol. The first-order chi connectivity index (χ1) is 9.45. The van der Waals surface area contributed by atoms with Gasteiger partial charge in [0.15, 0.2) is 0 Å². The number of nitrogens with one attached hydrogen (secondary N) is 2. The molecular formula is C13H20N2O5. The number of aliphatic carboxylic acids is 1. The van der Waals surface area contributed by atoms with E-state index in [4.69, 9.17) is 5.11 Å². The van der Waals surface area contributed by atoms with Crippen molar-refractivity contribution in [3.8, 4) is 5.88 Å². The Morgan fingerprint density at radius 1 is 1.20 bits per heavy atom. The first-order valence-corrected chi connectivity index (χ1v) is 6.73. The fourth-order valence-corrected chi connectivity index (χ4v) is 2.10. The van der Waals surface area contributed by atoms with Gasteiger partial charge in [-0.1, -0.05) is 19.8 Å². The molecule has 0 radical (unpaired) electrons. The smallest absolute Gasteiger partial charge is 0.328 e. The summed E-state index contributed by atoms with van der Waals surface area (Å²) in [7, 11) is 0. The number of carbonyl (C=O) groups is 1. The number of rotatable bonds is 8. The summed E-state index contributed by atoms with van der Waals surface area (Å²) in [4.78, 5) is 37.6. The summed E-state index contributed by atoms with van der Waals surface area (Å²) in [5, 5.41) is 18.6. The summed E-state index contributed by atoms with van der Waals surface area (Å²) in [5.74, 6) is -1.71. The van der Waals surface area contributed by atoms with Crippen LogP contribution in [0.5, 0.6) is 5.88 Å². The van der Waals surface area contributed by atoms with Gasteiger partial charge in [-0.25, -0.2) is 4.79 Å². The van der Waals surface area contributed by atoms with Crippen LogP contribution < -0.4 is 11.2 Å². The second-order valence-corrected chi connectivity index (χ2v) is 4.81. The van der Waals surface area contributed by atoms with Crippen LogP contribution >= 0.6 is 0 Å². The lowest BCUT2D eigenvalue weighted by molar-refractivity contribution is -0.142. The highest BCUT2D eigenvalue weighted by Gasteiger charge is 2.17. The van der Waals surface area contributed by atoms with Crippen molar-refractivity contribution in [3.63, 3.8) is 0 Å². The maximum Gasteiger partial charge on any atom is 0.328 e. The van der Waals surface area contributed by atoms with E-state index < -0.39 is 29.0 Å². The van der Waals surface area contributed by atoms with Gasteiger partial charge in [-0.15, -0.1) is 0 Å². The van der Waals surface area contributed by atoms with Gasteiger partial charge < -0.3 is 10.2 Å². The van der Waals surface area contributed by atoms with Gasteiger partial charge in [0.2, 0.25) is 5.88 Å². The van der Waals surface area contributed by atoms with Gasteiger partial charge in [0.05, 0.1) is 11.5 Å². The molecule has 112 valence electrons. The fourth-order valence-electron chi connectivity index (χ4n) is 2.10. The van der Waals surface area contributed by atoms with Gasteiger partial charge in [-0.2, -0.15) is 0 Å². The third-order valence-electron chi connectivity index (χ3n) is 3.25. The zero-order chi connectivity index (χ0) is 15.1. The van der Waals surface area contributed by atoms with E-state index in [0.29, 0.717) is 19.3 Å². The van der Waals surface area contributed by atoms with Crippen LogP contribution in [-0.2, 0) is 11.2 Å². The van der Waals surface area contributed by atoms with Crippen molar-refractivity contribution in [2.45, 2.75) is 45.4 Å². The van der Waals surface area contributed by atoms with E-state index in [2.05, 4.69) is 4.98 Å². The molecule has 0 spiro atoms. The average Bonchev–Trinajstić information content (AvgIpc) is 2.35. The molecule has 0 bridgehead atoms. The predicted molar refractivity (Wildman–Crippen MR) is 72.9 cm³/mol. The number of aromatic hydroxyl groups is 1. The molecule has 20 heavy (non-hydrogen) atoms. The van der Waals surface area contributed by atoms with Crippen molar-refractivity contribution in [2.75, 3.05) is 0 Å². The number of aromatic nitrogens is 2. The van der Waals surface area contributed by atoms with E-state index in [1.165, 1.54) is 0 Å². The number of carboxylic acid groups (broad SMARTS) is 1. The molecule has 0 saturated heterocycles. The summed E-state index contributed by atoms with van der Waals surface area (Å²) in [6.07, 6.45) is 3.52. The Bertz CT molecular complexity index is 561. The zero-order valence-electron chi connectivity index (χ0n) is 11.4. The Labute approximate surface area is 115 Å². The van der Waals surface area contributed by atoms with E-state index in [9.17, 15) is 19.5 Å². The molecule has 1 heterocycles. The SMILES string of the molecule is CCCC[C@@H](CCCc1c(O)[nH]c(=O)[nH]c1=O)C(=O)O.